The summed E-state index contributed by atoms with van der Waals surface area (Å²) in [5, 5.41) is 0. The lowest BCUT2D eigenvalue weighted by atomic mass is 10.0. The van der Waals surface area contributed by atoms with Crippen LogP contribution in [-0.4, -0.2) is 11.5 Å². The standard InChI is InChI=1S/C34H66S2/c1-3-5-7-9-11-13-15-17-19-21-23-25-27-29-31-33-35-36-34-32-30-28-26-24-22-20-18-16-14-12-10-8-6-4-2/h3-4H,1-2,5-34H2. The van der Waals surface area contributed by atoms with Crippen LogP contribution in [0, 0.1) is 0 Å². The van der Waals surface area contributed by atoms with E-state index in [1.165, 1.54) is 191 Å². The van der Waals surface area contributed by atoms with Gasteiger partial charge in [0, 0.05) is 11.5 Å². The van der Waals surface area contributed by atoms with E-state index in [-0.39, 0.29) is 0 Å². The summed E-state index contributed by atoms with van der Waals surface area (Å²) in [4.78, 5) is 0. The van der Waals surface area contributed by atoms with Crippen LogP contribution in [-0.2, 0) is 0 Å². The molecule has 0 bridgehead atoms. The van der Waals surface area contributed by atoms with Gasteiger partial charge in [-0.05, 0) is 38.5 Å². The van der Waals surface area contributed by atoms with Gasteiger partial charge in [0.2, 0.25) is 0 Å². The van der Waals surface area contributed by atoms with Crippen LogP contribution >= 0.6 is 21.6 Å². The van der Waals surface area contributed by atoms with Crippen molar-refractivity contribution in [3.8, 4) is 0 Å². The Morgan fingerprint density at radius 1 is 0.278 bits per heavy atom. The predicted octanol–water partition coefficient (Wildman–Crippen LogP) is 13.7. The Hall–Kier alpha value is 0.180. The van der Waals surface area contributed by atoms with E-state index in [2.05, 4.69) is 46.9 Å². The van der Waals surface area contributed by atoms with E-state index in [1.807, 2.05) is 0 Å². The normalized spacial score (nSPS) is 11.2. The minimum atomic E-state index is 1.20. The lowest BCUT2D eigenvalue weighted by molar-refractivity contribution is 0.540. The summed E-state index contributed by atoms with van der Waals surface area (Å²) in [5.74, 6) is 2.73. The Morgan fingerprint density at radius 2 is 0.472 bits per heavy atom. The van der Waals surface area contributed by atoms with Crippen molar-refractivity contribution < 1.29 is 0 Å². The number of unbranched alkanes of at least 4 members (excludes halogenated alkanes) is 26. The van der Waals surface area contributed by atoms with Gasteiger partial charge in [0.15, 0.2) is 0 Å². The third-order valence-corrected chi connectivity index (χ3v) is 9.93. The predicted molar refractivity (Wildman–Crippen MR) is 175 cm³/mol. The zero-order chi connectivity index (χ0) is 26.0. The van der Waals surface area contributed by atoms with E-state index >= 15 is 0 Å². The van der Waals surface area contributed by atoms with Crippen LogP contribution in [0.2, 0.25) is 0 Å². The molecule has 0 aromatic carbocycles. The molecule has 0 unspecified atom stereocenters. The molecule has 0 rings (SSSR count). The maximum Gasteiger partial charge on any atom is 0.00369 e. The number of hydrogen-bond donors (Lipinski definition) is 0. The molecule has 0 nitrogen and oxygen atoms in total. The van der Waals surface area contributed by atoms with Crippen LogP contribution in [0.5, 0.6) is 0 Å². The van der Waals surface area contributed by atoms with Crippen LogP contribution in [0.1, 0.15) is 180 Å². The fourth-order valence-electron chi connectivity index (χ4n) is 4.91. The molecule has 0 saturated heterocycles. The van der Waals surface area contributed by atoms with Crippen molar-refractivity contribution >= 4 is 21.6 Å². The molecule has 214 valence electrons. The zero-order valence-corrected chi connectivity index (χ0v) is 26.2. The highest BCUT2D eigenvalue weighted by Crippen LogP contribution is 2.25. The Balaban J connectivity index is 3.01. The summed E-state index contributed by atoms with van der Waals surface area (Å²) >= 11 is 0. The molecule has 0 spiro atoms. The second-order valence-electron chi connectivity index (χ2n) is 11.0. The summed E-state index contributed by atoms with van der Waals surface area (Å²) in [7, 11) is 4.27. The molecule has 0 fully saturated rings. The first kappa shape index (κ1) is 36.2. The Kier molecular flexibility index (Phi) is 35.4. The second-order valence-corrected chi connectivity index (χ2v) is 13.7. The molecule has 0 aliphatic heterocycles. The van der Waals surface area contributed by atoms with Gasteiger partial charge in [-0.1, -0.05) is 175 Å². The molecule has 0 heterocycles. The molecule has 36 heavy (non-hydrogen) atoms. The SMILES string of the molecule is C=CCCCCCCCCCCCCCCCSSCCCCCCCCCCCCCCCC=C. The molecule has 0 aliphatic carbocycles. The number of rotatable bonds is 33. The average Bonchev–Trinajstić information content (AvgIpc) is 2.89. The minimum Gasteiger partial charge on any atom is -0.103 e. The zero-order valence-electron chi connectivity index (χ0n) is 24.6. The van der Waals surface area contributed by atoms with Gasteiger partial charge >= 0.3 is 0 Å². The van der Waals surface area contributed by atoms with Crippen molar-refractivity contribution in [1.82, 2.24) is 0 Å². The summed E-state index contributed by atoms with van der Waals surface area (Å²) in [5.41, 5.74) is 0. The number of allylic oxidation sites excluding steroid dienone is 2. The third-order valence-electron chi connectivity index (χ3n) is 7.36. The first-order valence-electron chi connectivity index (χ1n) is 16.4. The minimum absolute atomic E-state index is 1.20. The van der Waals surface area contributed by atoms with E-state index in [9.17, 15) is 0 Å². The van der Waals surface area contributed by atoms with E-state index in [0.29, 0.717) is 0 Å². The fourth-order valence-corrected chi connectivity index (χ4v) is 7.20. The van der Waals surface area contributed by atoms with E-state index < -0.39 is 0 Å². The van der Waals surface area contributed by atoms with Crippen molar-refractivity contribution in [1.29, 1.82) is 0 Å². The molecule has 0 aliphatic rings. The topological polar surface area (TPSA) is 0 Å². The van der Waals surface area contributed by atoms with E-state index in [0.717, 1.165) is 0 Å². The largest absolute Gasteiger partial charge is 0.103 e. The van der Waals surface area contributed by atoms with Gasteiger partial charge in [-0.25, -0.2) is 0 Å². The van der Waals surface area contributed by atoms with Gasteiger partial charge in [0.1, 0.15) is 0 Å². The Bertz CT molecular complexity index is 368. The molecule has 0 radical (unpaired) electrons. The van der Waals surface area contributed by atoms with Gasteiger partial charge in [-0.15, -0.1) is 13.2 Å². The van der Waals surface area contributed by atoms with E-state index in [1.54, 1.807) is 0 Å². The Morgan fingerprint density at radius 3 is 0.694 bits per heavy atom. The van der Waals surface area contributed by atoms with Crippen molar-refractivity contribution in [2.45, 2.75) is 180 Å². The van der Waals surface area contributed by atoms with Crippen LogP contribution in [0.25, 0.3) is 0 Å². The first-order valence-corrected chi connectivity index (χ1v) is 18.9. The van der Waals surface area contributed by atoms with Gasteiger partial charge in [0.05, 0.1) is 0 Å². The molecule has 0 amide bonds. The highest BCUT2D eigenvalue weighted by molar-refractivity contribution is 8.76. The molecular weight excluding hydrogens is 473 g/mol. The quantitative estimate of drug-likeness (QED) is 0.0463. The van der Waals surface area contributed by atoms with Gasteiger partial charge in [-0.2, -0.15) is 0 Å². The van der Waals surface area contributed by atoms with Crippen LogP contribution in [0.15, 0.2) is 25.3 Å². The van der Waals surface area contributed by atoms with Crippen molar-refractivity contribution in [3.05, 3.63) is 25.3 Å². The molecule has 0 atom stereocenters. The molecule has 0 N–H and O–H groups in total. The third kappa shape index (κ3) is 34.2. The molecule has 2 heteroatoms. The van der Waals surface area contributed by atoms with Crippen LogP contribution in [0.4, 0.5) is 0 Å². The van der Waals surface area contributed by atoms with Crippen molar-refractivity contribution in [3.63, 3.8) is 0 Å². The number of hydrogen-bond acceptors (Lipinski definition) is 2. The first-order chi connectivity index (χ1) is 17.9. The summed E-state index contributed by atoms with van der Waals surface area (Å²) < 4.78 is 0. The average molecular weight is 539 g/mol. The van der Waals surface area contributed by atoms with Crippen molar-refractivity contribution in [2.75, 3.05) is 11.5 Å². The lowest BCUT2D eigenvalue weighted by Gasteiger charge is -2.04. The monoisotopic (exact) mass is 538 g/mol. The second kappa shape index (κ2) is 35.2. The summed E-state index contributed by atoms with van der Waals surface area (Å²) in [6, 6.07) is 0. The smallest absolute Gasteiger partial charge is 0.00369 e. The molecule has 0 aromatic rings. The molecular formula is C34H66S2. The highest BCUT2D eigenvalue weighted by Gasteiger charge is 1.97. The lowest BCUT2D eigenvalue weighted by Crippen LogP contribution is -1.85. The molecule has 0 saturated carbocycles. The van der Waals surface area contributed by atoms with Gasteiger partial charge < -0.3 is 0 Å². The fraction of sp³-hybridized carbons (Fsp3) is 0.882. The van der Waals surface area contributed by atoms with Gasteiger partial charge in [0.25, 0.3) is 0 Å². The van der Waals surface area contributed by atoms with Crippen LogP contribution < -0.4 is 0 Å². The van der Waals surface area contributed by atoms with Gasteiger partial charge in [-0.3, -0.25) is 0 Å². The maximum atomic E-state index is 3.80. The van der Waals surface area contributed by atoms with Crippen LogP contribution in [0.3, 0.4) is 0 Å². The van der Waals surface area contributed by atoms with Crippen molar-refractivity contribution in [2.24, 2.45) is 0 Å². The maximum absolute atomic E-state index is 3.80. The molecule has 0 aromatic heterocycles. The highest BCUT2D eigenvalue weighted by atomic mass is 33.1. The summed E-state index contributed by atoms with van der Waals surface area (Å²) in [6.07, 6.45) is 44.1. The Labute approximate surface area is 237 Å². The van der Waals surface area contributed by atoms with E-state index in [4.69, 9.17) is 0 Å². The summed E-state index contributed by atoms with van der Waals surface area (Å²) in [6.45, 7) is 7.60.